The quantitative estimate of drug-likeness (QED) is 0.577. The molecule has 0 aliphatic rings. The molecular weight excluding hydrogens is 252 g/mol. The van der Waals surface area contributed by atoms with Crippen LogP contribution < -0.4 is 9.47 Å². The van der Waals surface area contributed by atoms with E-state index in [1.807, 2.05) is 0 Å². The number of benzene rings is 1. The summed E-state index contributed by atoms with van der Waals surface area (Å²) in [5, 5.41) is 27.2. The van der Waals surface area contributed by atoms with E-state index < -0.39 is 12.2 Å². The minimum absolute atomic E-state index is 0.0178. The van der Waals surface area contributed by atoms with E-state index in [9.17, 15) is 5.11 Å². The first-order valence-corrected chi connectivity index (χ1v) is 5.97. The molecule has 0 bridgehead atoms. The molecule has 108 valence electrons. The van der Waals surface area contributed by atoms with Crippen LogP contribution in [0.4, 0.5) is 0 Å². The highest BCUT2D eigenvalue weighted by atomic mass is 16.5. The highest BCUT2D eigenvalue weighted by Gasteiger charge is 2.08. The zero-order chi connectivity index (χ0) is 14.1. The highest BCUT2D eigenvalue weighted by Crippen LogP contribution is 2.17. The van der Waals surface area contributed by atoms with Crippen molar-refractivity contribution in [3.8, 4) is 11.5 Å². The summed E-state index contributed by atoms with van der Waals surface area (Å²) in [6.45, 7) is -0.261. The lowest BCUT2D eigenvalue weighted by atomic mass is 10.3. The molecule has 0 aliphatic heterocycles. The Hall–Kier alpha value is -1.34. The van der Waals surface area contributed by atoms with Crippen molar-refractivity contribution in [3.05, 3.63) is 24.3 Å². The molecule has 0 saturated carbocycles. The Kier molecular flexibility index (Phi) is 7.20. The van der Waals surface area contributed by atoms with E-state index in [1.165, 1.54) is 0 Å². The topological polar surface area (TPSA) is 88.4 Å². The van der Waals surface area contributed by atoms with Crippen molar-refractivity contribution < 1.29 is 29.5 Å². The Morgan fingerprint density at radius 1 is 0.947 bits per heavy atom. The van der Waals surface area contributed by atoms with Gasteiger partial charge in [-0.1, -0.05) is 0 Å². The number of aliphatic hydroxyl groups excluding tert-OH is 3. The second-order valence-corrected chi connectivity index (χ2v) is 4.01. The molecule has 0 radical (unpaired) electrons. The first kappa shape index (κ1) is 15.7. The Bertz CT molecular complexity index is 339. The van der Waals surface area contributed by atoms with Gasteiger partial charge in [0.1, 0.15) is 30.3 Å². The van der Waals surface area contributed by atoms with Gasteiger partial charge in [0.2, 0.25) is 0 Å². The molecule has 1 rings (SSSR count). The zero-order valence-corrected chi connectivity index (χ0v) is 10.9. The standard InChI is InChI=1S/C13H20O6/c1-17-12-2-4-13(5-3-12)19-9-11(16)8-18-7-10(15)6-14/h2-5,10-11,14-16H,6-9H2,1H3. The van der Waals surface area contributed by atoms with Gasteiger partial charge in [-0.3, -0.25) is 0 Å². The van der Waals surface area contributed by atoms with E-state index in [4.69, 9.17) is 24.4 Å². The van der Waals surface area contributed by atoms with Crippen LogP contribution in [0, 0.1) is 0 Å². The molecule has 2 unspecified atom stereocenters. The summed E-state index contributed by atoms with van der Waals surface area (Å²) < 4.78 is 15.4. The summed E-state index contributed by atoms with van der Waals surface area (Å²) in [5.41, 5.74) is 0. The van der Waals surface area contributed by atoms with Gasteiger partial charge in [-0.15, -0.1) is 0 Å². The maximum atomic E-state index is 9.58. The Morgan fingerprint density at radius 3 is 2.11 bits per heavy atom. The Morgan fingerprint density at radius 2 is 1.53 bits per heavy atom. The van der Waals surface area contributed by atoms with Crippen LogP contribution in [0.5, 0.6) is 11.5 Å². The summed E-state index contributed by atoms with van der Waals surface area (Å²) in [6.07, 6.45) is -1.72. The van der Waals surface area contributed by atoms with Crippen LogP contribution in [0.15, 0.2) is 24.3 Å². The van der Waals surface area contributed by atoms with Crippen LogP contribution in [0.2, 0.25) is 0 Å². The second kappa shape index (κ2) is 8.71. The molecular formula is C13H20O6. The lowest BCUT2D eigenvalue weighted by Gasteiger charge is -2.14. The minimum Gasteiger partial charge on any atom is -0.497 e. The maximum absolute atomic E-state index is 9.58. The van der Waals surface area contributed by atoms with Crippen molar-refractivity contribution in [1.29, 1.82) is 0 Å². The molecule has 1 aromatic rings. The maximum Gasteiger partial charge on any atom is 0.119 e. The first-order valence-electron chi connectivity index (χ1n) is 5.97. The number of aliphatic hydroxyl groups is 3. The van der Waals surface area contributed by atoms with E-state index >= 15 is 0 Å². The van der Waals surface area contributed by atoms with Crippen LogP contribution in [-0.2, 0) is 4.74 Å². The van der Waals surface area contributed by atoms with Gasteiger partial charge in [0.15, 0.2) is 0 Å². The van der Waals surface area contributed by atoms with E-state index in [-0.39, 0.29) is 26.4 Å². The van der Waals surface area contributed by atoms with Gasteiger partial charge >= 0.3 is 0 Å². The number of hydrogen-bond acceptors (Lipinski definition) is 6. The van der Waals surface area contributed by atoms with Crippen LogP contribution in [-0.4, -0.2) is 61.1 Å². The van der Waals surface area contributed by atoms with Gasteiger partial charge in [0.25, 0.3) is 0 Å². The molecule has 6 heteroatoms. The number of rotatable bonds is 9. The molecule has 3 N–H and O–H groups in total. The second-order valence-electron chi connectivity index (χ2n) is 4.01. The molecule has 0 spiro atoms. The van der Waals surface area contributed by atoms with Gasteiger partial charge in [0, 0.05) is 0 Å². The largest absolute Gasteiger partial charge is 0.497 e. The third-order valence-corrected chi connectivity index (χ3v) is 2.33. The van der Waals surface area contributed by atoms with Crippen LogP contribution >= 0.6 is 0 Å². The van der Waals surface area contributed by atoms with Gasteiger partial charge in [-0.05, 0) is 24.3 Å². The van der Waals surface area contributed by atoms with E-state index in [0.717, 1.165) is 5.75 Å². The summed E-state index contributed by atoms with van der Waals surface area (Å²) in [7, 11) is 1.58. The van der Waals surface area contributed by atoms with Gasteiger partial charge in [-0.25, -0.2) is 0 Å². The zero-order valence-electron chi connectivity index (χ0n) is 10.9. The van der Waals surface area contributed by atoms with E-state index in [0.29, 0.717) is 5.75 Å². The molecule has 0 aromatic heterocycles. The normalized spacial score (nSPS) is 13.9. The number of ether oxygens (including phenoxy) is 3. The van der Waals surface area contributed by atoms with E-state index in [2.05, 4.69) is 0 Å². The molecule has 19 heavy (non-hydrogen) atoms. The fourth-order valence-corrected chi connectivity index (χ4v) is 1.31. The first-order chi connectivity index (χ1) is 9.15. The van der Waals surface area contributed by atoms with Crippen LogP contribution in [0.1, 0.15) is 0 Å². The Labute approximate surface area is 112 Å². The molecule has 0 amide bonds. The molecule has 2 atom stereocenters. The van der Waals surface area contributed by atoms with Crippen molar-refractivity contribution in [2.24, 2.45) is 0 Å². The lowest BCUT2D eigenvalue weighted by Crippen LogP contribution is -2.27. The summed E-state index contributed by atoms with van der Waals surface area (Å²) >= 11 is 0. The summed E-state index contributed by atoms with van der Waals surface area (Å²) in [5.74, 6) is 1.35. The minimum atomic E-state index is -0.922. The molecule has 0 heterocycles. The van der Waals surface area contributed by atoms with Crippen molar-refractivity contribution in [2.75, 3.05) is 33.5 Å². The lowest BCUT2D eigenvalue weighted by molar-refractivity contribution is -0.0337. The Balaban J connectivity index is 2.20. The fraction of sp³-hybridized carbons (Fsp3) is 0.538. The summed E-state index contributed by atoms with van der Waals surface area (Å²) in [6, 6.07) is 7.00. The van der Waals surface area contributed by atoms with Gasteiger partial charge in [0.05, 0.1) is 26.9 Å². The van der Waals surface area contributed by atoms with Crippen molar-refractivity contribution in [1.82, 2.24) is 0 Å². The number of hydrogen-bond donors (Lipinski definition) is 3. The van der Waals surface area contributed by atoms with Gasteiger partial charge in [-0.2, -0.15) is 0 Å². The average Bonchev–Trinajstić information content (AvgIpc) is 2.45. The van der Waals surface area contributed by atoms with E-state index in [1.54, 1.807) is 31.4 Å². The molecule has 0 fully saturated rings. The number of methoxy groups -OCH3 is 1. The smallest absolute Gasteiger partial charge is 0.119 e. The van der Waals surface area contributed by atoms with Gasteiger partial charge < -0.3 is 29.5 Å². The predicted molar refractivity (Wildman–Crippen MR) is 68.4 cm³/mol. The third kappa shape index (κ3) is 6.40. The predicted octanol–water partition coefficient (Wildman–Crippen LogP) is -0.195. The van der Waals surface area contributed by atoms with Crippen molar-refractivity contribution in [3.63, 3.8) is 0 Å². The fourth-order valence-electron chi connectivity index (χ4n) is 1.31. The SMILES string of the molecule is COc1ccc(OCC(O)COCC(O)CO)cc1. The van der Waals surface area contributed by atoms with Crippen LogP contribution in [0.3, 0.4) is 0 Å². The van der Waals surface area contributed by atoms with Crippen LogP contribution in [0.25, 0.3) is 0 Å². The third-order valence-electron chi connectivity index (χ3n) is 2.33. The monoisotopic (exact) mass is 272 g/mol. The summed E-state index contributed by atoms with van der Waals surface area (Å²) in [4.78, 5) is 0. The highest BCUT2D eigenvalue weighted by molar-refractivity contribution is 5.31. The molecule has 6 nitrogen and oxygen atoms in total. The molecule has 0 aliphatic carbocycles. The molecule has 1 aromatic carbocycles. The average molecular weight is 272 g/mol. The van der Waals surface area contributed by atoms with Crippen molar-refractivity contribution in [2.45, 2.75) is 12.2 Å². The molecule has 0 saturated heterocycles. The van der Waals surface area contributed by atoms with Crippen molar-refractivity contribution >= 4 is 0 Å².